The van der Waals surface area contributed by atoms with Crippen LogP contribution in [0, 0.1) is 0 Å². The minimum Gasteiger partial charge on any atom is -0.481 e. The molecule has 0 aromatic heterocycles. The number of benzene rings is 1. The maximum absolute atomic E-state index is 10.4. The summed E-state index contributed by atoms with van der Waals surface area (Å²) >= 11 is 14.7. The molecular weight excluding hydrogens is 279 g/mol. The summed E-state index contributed by atoms with van der Waals surface area (Å²) in [6, 6.07) is 3.15. The lowest BCUT2D eigenvalue weighted by atomic mass is 10.1. The number of halogens is 3. The van der Waals surface area contributed by atoms with Crippen LogP contribution in [-0.4, -0.2) is 11.1 Å². The summed E-state index contributed by atoms with van der Waals surface area (Å²) in [5.74, 6) is -0.908. The predicted molar refractivity (Wildman–Crippen MR) is 55.5 cm³/mol. The number of hydrogen-bond donors (Lipinski definition) is 1. The van der Waals surface area contributed by atoms with Crippen LogP contribution in [0.1, 0.15) is 5.56 Å². The van der Waals surface area contributed by atoms with Crippen molar-refractivity contribution in [1.82, 2.24) is 0 Å². The van der Waals surface area contributed by atoms with Gasteiger partial charge in [0.05, 0.1) is 20.9 Å². The smallest absolute Gasteiger partial charge is 0.307 e. The molecule has 0 atom stereocenters. The van der Waals surface area contributed by atoms with Crippen LogP contribution in [0.3, 0.4) is 0 Å². The van der Waals surface area contributed by atoms with Gasteiger partial charge in [-0.05, 0) is 33.6 Å². The predicted octanol–water partition coefficient (Wildman–Crippen LogP) is 3.38. The van der Waals surface area contributed by atoms with Crippen molar-refractivity contribution in [2.24, 2.45) is 0 Å². The second-order valence-electron chi connectivity index (χ2n) is 2.44. The van der Waals surface area contributed by atoms with E-state index in [2.05, 4.69) is 15.9 Å². The van der Waals surface area contributed by atoms with Gasteiger partial charge >= 0.3 is 5.97 Å². The molecule has 0 spiro atoms. The lowest BCUT2D eigenvalue weighted by Gasteiger charge is -2.02. The molecule has 0 fully saturated rings. The Morgan fingerprint density at radius 1 is 1.38 bits per heavy atom. The molecule has 0 radical (unpaired) electrons. The number of carboxylic acids is 1. The van der Waals surface area contributed by atoms with E-state index in [1.807, 2.05) is 0 Å². The molecule has 0 aliphatic heterocycles. The second-order valence-corrected chi connectivity index (χ2v) is 4.05. The van der Waals surface area contributed by atoms with Gasteiger partial charge in [-0.15, -0.1) is 0 Å². The van der Waals surface area contributed by atoms with Gasteiger partial charge in [0.1, 0.15) is 0 Å². The first-order chi connectivity index (χ1) is 6.00. The average molecular weight is 284 g/mol. The fraction of sp³-hybridized carbons (Fsp3) is 0.125. The van der Waals surface area contributed by atoms with E-state index < -0.39 is 5.97 Å². The minimum atomic E-state index is -0.908. The summed E-state index contributed by atoms with van der Waals surface area (Å²) in [6.07, 6.45) is -0.0767. The number of carbonyl (C=O) groups is 1. The number of hydrogen-bond acceptors (Lipinski definition) is 1. The third kappa shape index (κ3) is 2.86. The molecule has 0 aliphatic carbocycles. The first kappa shape index (κ1) is 10.8. The van der Waals surface area contributed by atoms with Gasteiger partial charge in [0.15, 0.2) is 0 Å². The van der Waals surface area contributed by atoms with Crippen LogP contribution >= 0.6 is 39.1 Å². The zero-order valence-electron chi connectivity index (χ0n) is 6.35. The van der Waals surface area contributed by atoms with E-state index in [-0.39, 0.29) is 6.42 Å². The van der Waals surface area contributed by atoms with Crippen molar-refractivity contribution >= 4 is 45.1 Å². The van der Waals surface area contributed by atoms with Crippen molar-refractivity contribution in [1.29, 1.82) is 0 Å². The van der Waals surface area contributed by atoms with E-state index in [1.54, 1.807) is 12.1 Å². The molecule has 1 rings (SSSR count). The van der Waals surface area contributed by atoms with Crippen LogP contribution in [-0.2, 0) is 11.2 Å². The second kappa shape index (κ2) is 4.31. The molecule has 0 aliphatic rings. The summed E-state index contributed by atoms with van der Waals surface area (Å²) in [7, 11) is 0. The van der Waals surface area contributed by atoms with Crippen LogP contribution in [0.15, 0.2) is 16.6 Å². The summed E-state index contributed by atoms with van der Waals surface area (Å²) < 4.78 is 0.588. The Labute approximate surface area is 93.6 Å². The Morgan fingerprint density at radius 2 is 1.85 bits per heavy atom. The number of rotatable bonds is 2. The molecule has 0 saturated heterocycles. The normalized spacial score (nSPS) is 10.1. The van der Waals surface area contributed by atoms with E-state index in [4.69, 9.17) is 28.3 Å². The Morgan fingerprint density at radius 3 is 2.23 bits per heavy atom. The fourth-order valence-corrected chi connectivity index (χ4v) is 1.65. The lowest BCUT2D eigenvalue weighted by Crippen LogP contribution is -1.99. The van der Waals surface area contributed by atoms with Gasteiger partial charge in [-0.2, -0.15) is 0 Å². The van der Waals surface area contributed by atoms with E-state index in [0.717, 1.165) is 0 Å². The highest BCUT2D eigenvalue weighted by molar-refractivity contribution is 9.10. The zero-order chi connectivity index (χ0) is 10.0. The molecule has 0 amide bonds. The first-order valence-electron chi connectivity index (χ1n) is 3.36. The highest BCUT2D eigenvalue weighted by atomic mass is 79.9. The van der Waals surface area contributed by atoms with Crippen molar-refractivity contribution in [2.45, 2.75) is 6.42 Å². The maximum Gasteiger partial charge on any atom is 0.307 e. The summed E-state index contributed by atoms with van der Waals surface area (Å²) in [6.45, 7) is 0. The monoisotopic (exact) mass is 282 g/mol. The highest BCUT2D eigenvalue weighted by Gasteiger charge is 2.07. The van der Waals surface area contributed by atoms with Gasteiger partial charge < -0.3 is 5.11 Å². The Balaban J connectivity index is 3.06. The number of aliphatic carboxylic acids is 1. The minimum absolute atomic E-state index is 0.0767. The van der Waals surface area contributed by atoms with Crippen LogP contribution in [0.2, 0.25) is 10.0 Å². The number of carboxylic acid groups (broad SMARTS) is 1. The standard InChI is InChI=1S/C8H5BrCl2O2/c9-8-5(10)1-4(2-6(8)11)3-7(12)13/h1-2H,3H2,(H,12,13). The van der Waals surface area contributed by atoms with Crippen molar-refractivity contribution in [3.8, 4) is 0 Å². The van der Waals surface area contributed by atoms with Crippen molar-refractivity contribution in [3.05, 3.63) is 32.2 Å². The molecule has 1 aromatic rings. The highest BCUT2D eigenvalue weighted by Crippen LogP contribution is 2.31. The molecule has 13 heavy (non-hydrogen) atoms. The fourth-order valence-electron chi connectivity index (χ4n) is 0.885. The van der Waals surface area contributed by atoms with Gasteiger partial charge in [-0.3, -0.25) is 4.79 Å². The molecule has 0 saturated carbocycles. The topological polar surface area (TPSA) is 37.3 Å². The molecule has 2 nitrogen and oxygen atoms in total. The zero-order valence-corrected chi connectivity index (χ0v) is 9.45. The summed E-state index contributed by atoms with van der Waals surface area (Å²) in [4.78, 5) is 10.4. The van der Waals surface area contributed by atoms with Crippen molar-refractivity contribution in [3.63, 3.8) is 0 Å². The van der Waals surface area contributed by atoms with Gasteiger partial charge in [0, 0.05) is 0 Å². The molecule has 70 valence electrons. The van der Waals surface area contributed by atoms with Crippen LogP contribution < -0.4 is 0 Å². The molecule has 1 N–H and O–H groups in total. The molecular formula is C8H5BrCl2O2. The molecule has 0 heterocycles. The first-order valence-corrected chi connectivity index (χ1v) is 4.91. The Hall–Kier alpha value is -0.250. The Bertz CT molecular complexity index is 329. The van der Waals surface area contributed by atoms with Crippen LogP contribution in [0.4, 0.5) is 0 Å². The van der Waals surface area contributed by atoms with Crippen LogP contribution in [0.5, 0.6) is 0 Å². The van der Waals surface area contributed by atoms with E-state index >= 15 is 0 Å². The molecule has 0 bridgehead atoms. The lowest BCUT2D eigenvalue weighted by molar-refractivity contribution is -0.136. The molecule has 0 unspecified atom stereocenters. The SMILES string of the molecule is O=C(O)Cc1cc(Cl)c(Br)c(Cl)c1. The molecule has 5 heteroatoms. The van der Waals surface area contributed by atoms with E-state index in [0.29, 0.717) is 20.1 Å². The van der Waals surface area contributed by atoms with Crippen molar-refractivity contribution in [2.75, 3.05) is 0 Å². The van der Waals surface area contributed by atoms with Crippen LogP contribution in [0.25, 0.3) is 0 Å². The van der Waals surface area contributed by atoms with E-state index in [1.165, 1.54) is 0 Å². The average Bonchev–Trinajstić information content (AvgIpc) is 1.98. The van der Waals surface area contributed by atoms with Gasteiger partial charge in [0.25, 0.3) is 0 Å². The maximum atomic E-state index is 10.4. The van der Waals surface area contributed by atoms with Crippen molar-refractivity contribution < 1.29 is 9.90 Å². The molecule has 1 aromatic carbocycles. The quantitative estimate of drug-likeness (QED) is 0.845. The largest absolute Gasteiger partial charge is 0.481 e. The van der Waals surface area contributed by atoms with E-state index in [9.17, 15) is 4.79 Å². The third-order valence-electron chi connectivity index (χ3n) is 1.40. The summed E-state index contributed by atoms with van der Waals surface area (Å²) in [5, 5.41) is 9.36. The van der Waals surface area contributed by atoms with Gasteiger partial charge in [0.2, 0.25) is 0 Å². The third-order valence-corrected chi connectivity index (χ3v) is 3.31. The summed E-state index contributed by atoms with van der Waals surface area (Å²) in [5.41, 5.74) is 0.589. The van der Waals surface area contributed by atoms with Gasteiger partial charge in [-0.25, -0.2) is 0 Å². The van der Waals surface area contributed by atoms with Gasteiger partial charge in [-0.1, -0.05) is 23.2 Å². The Kier molecular flexibility index (Phi) is 3.59.